The summed E-state index contributed by atoms with van der Waals surface area (Å²) in [6.45, 7) is 2.75. The lowest BCUT2D eigenvalue weighted by molar-refractivity contribution is -0.118. The van der Waals surface area contributed by atoms with Gasteiger partial charge in [-0.1, -0.05) is 25.1 Å². The Bertz CT molecular complexity index is 1090. The Hall–Kier alpha value is -3.52. The number of anilines is 2. The summed E-state index contributed by atoms with van der Waals surface area (Å²) in [6.07, 6.45) is 1.49. The number of benzene rings is 2. The number of hydrazone groups is 1. The number of carbonyl (C=O) groups is 2. The van der Waals surface area contributed by atoms with Crippen molar-refractivity contribution in [3.05, 3.63) is 60.0 Å². The molecule has 0 radical (unpaired) electrons. The SMILES string of the molecule is CCCOc1ccc(-c2csc(NC(=O)C3=NN(c4ccccc4)C(=O)CC3)n2)cc1. The summed E-state index contributed by atoms with van der Waals surface area (Å²) in [7, 11) is 0. The molecule has 0 unspecified atom stereocenters. The minimum Gasteiger partial charge on any atom is -0.494 e. The molecule has 7 nitrogen and oxygen atoms in total. The van der Waals surface area contributed by atoms with Gasteiger partial charge in [0.05, 0.1) is 18.0 Å². The molecule has 0 spiro atoms. The highest BCUT2D eigenvalue weighted by atomic mass is 32.1. The fraction of sp³-hybridized carbons (Fsp3) is 0.217. The van der Waals surface area contributed by atoms with Crippen molar-refractivity contribution < 1.29 is 14.3 Å². The molecule has 2 heterocycles. The van der Waals surface area contributed by atoms with Crippen LogP contribution in [0.2, 0.25) is 0 Å². The van der Waals surface area contributed by atoms with Gasteiger partial charge in [-0.15, -0.1) is 11.3 Å². The summed E-state index contributed by atoms with van der Waals surface area (Å²) in [5.41, 5.74) is 2.66. The van der Waals surface area contributed by atoms with Crippen LogP contribution in [0.15, 0.2) is 65.1 Å². The highest BCUT2D eigenvalue weighted by molar-refractivity contribution is 7.14. The molecule has 4 rings (SSSR count). The molecule has 8 heteroatoms. The van der Waals surface area contributed by atoms with Gasteiger partial charge in [-0.25, -0.2) is 9.99 Å². The molecule has 0 aliphatic carbocycles. The summed E-state index contributed by atoms with van der Waals surface area (Å²) in [6, 6.07) is 16.8. The number of thiazole rings is 1. The van der Waals surface area contributed by atoms with Gasteiger partial charge in [-0.3, -0.25) is 14.9 Å². The van der Waals surface area contributed by atoms with Crippen LogP contribution in [0.5, 0.6) is 5.75 Å². The fourth-order valence-electron chi connectivity index (χ4n) is 3.06. The van der Waals surface area contributed by atoms with Crippen LogP contribution in [0.25, 0.3) is 11.3 Å². The molecule has 1 aliphatic rings. The third-order valence-corrected chi connectivity index (χ3v) is 5.40. The molecule has 1 aliphatic heterocycles. The smallest absolute Gasteiger partial charge is 0.273 e. The van der Waals surface area contributed by atoms with Crippen molar-refractivity contribution in [3.63, 3.8) is 0 Å². The van der Waals surface area contributed by atoms with E-state index in [1.807, 2.05) is 47.8 Å². The number of amides is 2. The van der Waals surface area contributed by atoms with Crippen molar-refractivity contribution in [2.24, 2.45) is 5.10 Å². The second-order valence-electron chi connectivity index (χ2n) is 6.95. The number of hydrogen-bond acceptors (Lipinski definition) is 6. The predicted octanol–water partition coefficient (Wildman–Crippen LogP) is 4.72. The number of rotatable bonds is 7. The first-order valence-corrected chi connectivity index (χ1v) is 11.0. The number of carbonyl (C=O) groups excluding carboxylic acids is 2. The zero-order chi connectivity index (χ0) is 21.6. The van der Waals surface area contributed by atoms with E-state index in [2.05, 4.69) is 22.3 Å². The van der Waals surface area contributed by atoms with Crippen LogP contribution in [-0.2, 0) is 9.59 Å². The quantitative estimate of drug-likeness (QED) is 0.583. The van der Waals surface area contributed by atoms with E-state index in [1.54, 1.807) is 12.1 Å². The standard InChI is InChI=1S/C23H22N4O3S/c1-2-14-30-18-10-8-16(9-11-18)20-15-31-23(24-20)25-22(29)19-12-13-21(28)27(26-19)17-6-4-3-5-7-17/h3-11,15H,2,12-14H2,1H3,(H,24,25,29). The van der Waals surface area contributed by atoms with Gasteiger partial charge in [0, 0.05) is 23.8 Å². The van der Waals surface area contributed by atoms with E-state index in [-0.39, 0.29) is 18.2 Å². The van der Waals surface area contributed by atoms with Crippen molar-refractivity contribution in [2.45, 2.75) is 26.2 Å². The van der Waals surface area contributed by atoms with E-state index in [4.69, 9.17) is 4.74 Å². The summed E-state index contributed by atoms with van der Waals surface area (Å²) >= 11 is 1.34. The summed E-state index contributed by atoms with van der Waals surface area (Å²) < 4.78 is 5.60. The topological polar surface area (TPSA) is 83.9 Å². The number of para-hydroxylation sites is 1. The van der Waals surface area contributed by atoms with E-state index in [0.717, 1.165) is 23.4 Å². The lowest BCUT2D eigenvalue weighted by Gasteiger charge is -2.22. The second-order valence-corrected chi connectivity index (χ2v) is 7.81. The van der Waals surface area contributed by atoms with Crippen LogP contribution in [0, 0.1) is 0 Å². The highest BCUT2D eigenvalue weighted by Crippen LogP contribution is 2.27. The molecule has 0 atom stereocenters. The van der Waals surface area contributed by atoms with Gasteiger partial charge in [-0.2, -0.15) is 5.10 Å². The van der Waals surface area contributed by atoms with Crippen molar-refractivity contribution in [3.8, 4) is 17.0 Å². The van der Waals surface area contributed by atoms with E-state index in [9.17, 15) is 9.59 Å². The van der Waals surface area contributed by atoms with Gasteiger partial charge < -0.3 is 4.74 Å². The van der Waals surface area contributed by atoms with Crippen LogP contribution in [0.3, 0.4) is 0 Å². The summed E-state index contributed by atoms with van der Waals surface area (Å²) in [4.78, 5) is 29.5. The number of ether oxygens (including phenoxy) is 1. The molecule has 31 heavy (non-hydrogen) atoms. The molecule has 2 amide bonds. The van der Waals surface area contributed by atoms with E-state index < -0.39 is 0 Å². The second kappa shape index (κ2) is 9.53. The first kappa shape index (κ1) is 20.7. The van der Waals surface area contributed by atoms with Crippen LogP contribution in [0.4, 0.5) is 10.8 Å². The van der Waals surface area contributed by atoms with Crippen molar-refractivity contribution in [2.75, 3.05) is 16.9 Å². The number of nitrogens with zero attached hydrogens (tertiary/aromatic N) is 3. The molecule has 1 N–H and O–H groups in total. The van der Waals surface area contributed by atoms with E-state index in [1.165, 1.54) is 16.3 Å². The van der Waals surface area contributed by atoms with Crippen LogP contribution < -0.4 is 15.1 Å². The largest absolute Gasteiger partial charge is 0.494 e. The average molecular weight is 435 g/mol. The van der Waals surface area contributed by atoms with Crippen molar-refractivity contribution >= 4 is 39.7 Å². The monoisotopic (exact) mass is 434 g/mol. The lowest BCUT2D eigenvalue weighted by Crippen LogP contribution is -2.36. The molecule has 0 fully saturated rings. The highest BCUT2D eigenvalue weighted by Gasteiger charge is 2.26. The molecular weight excluding hydrogens is 412 g/mol. The van der Waals surface area contributed by atoms with Gasteiger partial charge in [0.2, 0.25) is 5.91 Å². The van der Waals surface area contributed by atoms with Crippen molar-refractivity contribution in [1.82, 2.24) is 4.98 Å². The maximum Gasteiger partial charge on any atom is 0.273 e. The molecule has 2 aromatic carbocycles. The molecule has 1 aromatic heterocycles. The van der Waals surface area contributed by atoms with Gasteiger partial charge >= 0.3 is 0 Å². The molecule has 158 valence electrons. The minimum absolute atomic E-state index is 0.134. The molecule has 3 aromatic rings. The zero-order valence-corrected chi connectivity index (χ0v) is 17.9. The van der Waals surface area contributed by atoms with Crippen LogP contribution in [-0.4, -0.2) is 29.1 Å². The number of nitrogens with one attached hydrogen (secondary N) is 1. The Morgan fingerprint density at radius 3 is 2.65 bits per heavy atom. The summed E-state index contributed by atoms with van der Waals surface area (Å²) in [5.74, 6) is 0.338. The Kier molecular flexibility index (Phi) is 6.37. The summed E-state index contributed by atoms with van der Waals surface area (Å²) in [5, 5.41) is 10.7. The van der Waals surface area contributed by atoms with E-state index in [0.29, 0.717) is 29.6 Å². The van der Waals surface area contributed by atoms with Gasteiger partial charge in [0.25, 0.3) is 5.91 Å². The number of hydrogen-bond donors (Lipinski definition) is 1. The van der Waals surface area contributed by atoms with Gasteiger partial charge in [-0.05, 0) is 42.8 Å². The lowest BCUT2D eigenvalue weighted by atomic mass is 10.1. The zero-order valence-electron chi connectivity index (χ0n) is 17.1. The molecule has 0 saturated heterocycles. The Labute approximate surface area is 184 Å². The Morgan fingerprint density at radius 1 is 1.13 bits per heavy atom. The Balaban J connectivity index is 1.44. The third-order valence-electron chi connectivity index (χ3n) is 4.64. The van der Waals surface area contributed by atoms with Gasteiger partial charge in [0.1, 0.15) is 11.5 Å². The normalized spacial score (nSPS) is 13.6. The first-order valence-electron chi connectivity index (χ1n) is 10.1. The molecule has 0 saturated carbocycles. The third kappa shape index (κ3) is 4.97. The van der Waals surface area contributed by atoms with E-state index >= 15 is 0 Å². The molecule has 0 bridgehead atoms. The fourth-order valence-corrected chi connectivity index (χ4v) is 3.78. The minimum atomic E-state index is -0.349. The number of aromatic nitrogens is 1. The van der Waals surface area contributed by atoms with Gasteiger partial charge in [0.15, 0.2) is 5.13 Å². The first-order chi connectivity index (χ1) is 15.1. The van der Waals surface area contributed by atoms with Crippen LogP contribution in [0.1, 0.15) is 26.2 Å². The molecular formula is C23H22N4O3S. The average Bonchev–Trinajstić information content (AvgIpc) is 3.27. The maximum absolute atomic E-state index is 12.7. The predicted molar refractivity (Wildman–Crippen MR) is 123 cm³/mol. The Morgan fingerprint density at radius 2 is 1.90 bits per heavy atom. The maximum atomic E-state index is 12.7. The van der Waals surface area contributed by atoms with Crippen LogP contribution >= 0.6 is 11.3 Å². The van der Waals surface area contributed by atoms with Crippen molar-refractivity contribution in [1.29, 1.82) is 0 Å².